The molecule has 0 aliphatic carbocycles. The smallest absolute Gasteiger partial charge is 0.115 e. The summed E-state index contributed by atoms with van der Waals surface area (Å²) in [5, 5.41) is 12.8. The highest BCUT2D eigenvalue weighted by Crippen LogP contribution is 2.21. The molecule has 0 saturated carbocycles. The molecule has 19 heavy (non-hydrogen) atoms. The first-order valence-corrected chi connectivity index (χ1v) is 6.78. The number of nitrogens with one attached hydrogen (secondary N) is 1. The van der Waals surface area contributed by atoms with Crippen molar-refractivity contribution >= 4 is 0 Å². The van der Waals surface area contributed by atoms with Gasteiger partial charge in [0.15, 0.2) is 0 Å². The third-order valence-corrected chi connectivity index (χ3v) is 3.75. The average molecular weight is 265 g/mol. The van der Waals surface area contributed by atoms with Gasteiger partial charge >= 0.3 is 0 Å². The lowest BCUT2D eigenvalue weighted by Gasteiger charge is -2.28. The zero-order chi connectivity index (χ0) is 13.7. The molecule has 1 saturated heterocycles. The monoisotopic (exact) mass is 265 g/mol. The molecule has 2 unspecified atom stereocenters. The van der Waals surface area contributed by atoms with E-state index in [-0.39, 0.29) is 5.60 Å². The van der Waals surface area contributed by atoms with Crippen LogP contribution in [0.4, 0.5) is 0 Å². The fraction of sp³-hybridized carbons (Fsp3) is 0.600. The lowest BCUT2D eigenvalue weighted by molar-refractivity contribution is -0.0171. The fourth-order valence-corrected chi connectivity index (χ4v) is 2.38. The van der Waals surface area contributed by atoms with Gasteiger partial charge in [-0.2, -0.15) is 0 Å². The van der Waals surface area contributed by atoms with Crippen molar-refractivity contribution in [3.8, 4) is 5.75 Å². The second-order valence-corrected chi connectivity index (χ2v) is 5.34. The van der Waals surface area contributed by atoms with Crippen molar-refractivity contribution in [2.45, 2.75) is 31.4 Å². The Morgan fingerprint density at radius 1 is 1.42 bits per heavy atom. The number of hydrogen-bond donors (Lipinski definition) is 2. The molecular weight excluding hydrogens is 242 g/mol. The first-order valence-electron chi connectivity index (χ1n) is 6.78. The molecule has 2 N–H and O–H groups in total. The van der Waals surface area contributed by atoms with Crippen LogP contribution in [0.2, 0.25) is 0 Å². The quantitative estimate of drug-likeness (QED) is 0.822. The van der Waals surface area contributed by atoms with Crippen LogP contribution in [0.3, 0.4) is 0 Å². The van der Waals surface area contributed by atoms with E-state index in [4.69, 9.17) is 9.47 Å². The van der Waals surface area contributed by atoms with E-state index in [1.165, 1.54) is 5.56 Å². The Morgan fingerprint density at radius 2 is 2.16 bits per heavy atom. The van der Waals surface area contributed by atoms with Crippen LogP contribution in [0.1, 0.15) is 18.9 Å². The summed E-state index contributed by atoms with van der Waals surface area (Å²) < 4.78 is 11.0. The number of benzene rings is 1. The molecule has 4 nitrogen and oxygen atoms in total. The first-order chi connectivity index (χ1) is 9.13. The van der Waals surface area contributed by atoms with Crippen molar-refractivity contribution in [3.05, 3.63) is 29.8 Å². The SMILES string of the molecule is COC1(CNC(C)Cc2ccc(O)cc2)CCOC1. The van der Waals surface area contributed by atoms with E-state index in [0.717, 1.165) is 26.0 Å². The van der Waals surface area contributed by atoms with Crippen molar-refractivity contribution in [2.75, 3.05) is 26.9 Å². The van der Waals surface area contributed by atoms with E-state index in [1.807, 2.05) is 12.1 Å². The van der Waals surface area contributed by atoms with Crippen LogP contribution in [0, 0.1) is 0 Å². The van der Waals surface area contributed by atoms with Crippen LogP contribution >= 0.6 is 0 Å². The van der Waals surface area contributed by atoms with Gasteiger partial charge in [0.05, 0.1) is 6.61 Å². The molecule has 106 valence electrons. The summed E-state index contributed by atoms with van der Waals surface area (Å²) >= 11 is 0. The van der Waals surface area contributed by atoms with Crippen molar-refractivity contribution in [2.24, 2.45) is 0 Å². The van der Waals surface area contributed by atoms with Crippen LogP contribution in [-0.4, -0.2) is 43.6 Å². The Hall–Kier alpha value is -1.10. The normalized spacial score (nSPS) is 24.5. The Labute approximate surface area is 114 Å². The van der Waals surface area contributed by atoms with Gasteiger partial charge in [0.1, 0.15) is 11.4 Å². The Kier molecular flexibility index (Phi) is 4.80. The molecule has 2 atom stereocenters. The molecule has 0 radical (unpaired) electrons. The minimum atomic E-state index is -0.163. The van der Waals surface area contributed by atoms with Gasteiger partial charge in [0, 0.05) is 32.7 Å². The second-order valence-electron chi connectivity index (χ2n) is 5.34. The average Bonchev–Trinajstić information content (AvgIpc) is 2.89. The molecule has 0 aromatic heterocycles. The van der Waals surface area contributed by atoms with E-state index in [0.29, 0.717) is 18.4 Å². The van der Waals surface area contributed by atoms with Crippen LogP contribution in [0.25, 0.3) is 0 Å². The molecule has 1 heterocycles. The van der Waals surface area contributed by atoms with Crippen LogP contribution in [-0.2, 0) is 15.9 Å². The summed E-state index contributed by atoms with van der Waals surface area (Å²) in [6.07, 6.45) is 1.88. The zero-order valence-electron chi connectivity index (χ0n) is 11.7. The van der Waals surface area contributed by atoms with Crippen molar-refractivity contribution in [1.82, 2.24) is 5.32 Å². The third-order valence-electron chi connectivity index (χ3n) is 3.75. The van der Waals surface area contributed by atoms with E-state index in [9.17, 15) is 5.11 Å². The van der Waals surface area contributed by atoms with Crippen molar-refractivity contribution in [1.29, 1.82) is 0 Å². The molecule has 4 heteroatoms. The summed E-state index contributed by atoms with van der Waals surface area (Å²) in [6, 6.07) is 7.72. The van der Waals surface area contributed by atoms with Gasteiger partial charge < -0.3 is 19.9 Å². The standard InChI is InChI=1S/C15H23NO3/c1-12(9-13-3-5-14(17)6-4-13)16-10-15(18-2)7-8-19-11-15/h3-6,12,16-17H,7-11H2,1-2H3. The fourth-order valence-electron chi connectivity index (χ4n) is 2.38. The summed E-state index contributed by atoms with van der Waals surface area (Å²) in [5.74, 6) is 0.311. The molecule has 1 aliphatic rings. The molecule has 1 aromatic carbocycles. The van der Waals surface area contributed by atoms with Gasteiger partial charge in [-0.05, 0) is 31.0 Å². The maximum absolute atomic E-state index is 9.26. The molecule has 0 bridgehead atoms. The highest BCUT2D eigenvalue weighted by atomic mass is 16.5. The molecule has 2 rings (SSSR count). The summed E-state index contributed by atoms with van der Waals surface area (Å²) in [4.78, 5) is 0. The number of ether oxygens (including phenoxy) is 2. The zero-order valence-corrected chi connectivity index (χ0v) is 11.7. The van der Waals surface area contributed by atoms with Gasteiger partial charge in [0.2, 0.25) is 0 Å². The maximum Gasteiger partial charge on any atom is 0.115 e. The van der Waals surface area contributed by atoms with E-state index in [2.05, 4.69) is 12.2 Å². The van der Waals surface area contributed by atoms with E-state index in [1.54, 1.807) is 19.2 Å². The second kappa shape index (κ2) is 6.37. The van der Waals surface area contributed by atoms with Crippen molar-refractivity contribution in [3.63, 3.8) is 0 Å². The van der Waals surface area contributed by atoms with Gasteiger partial charge in [-0.25, -0.2) is 0 Å². The number of phenolic OH excluding ortho intramolecular Hbond substituents is 1. The topological polar surface area (TPSA) is 50.7 Å². The number of hydrogen-bond acceptors (Lipinski definition) is 4. The predicted octanol–water partition coefficient (Wildman–Crippen LogP) is 1.72. The molecule has 1 aliphatic heterocycles. The van der Waals surface area contributed by atoms with Gasteiger partial charge in [0.25, 0.3) is 0 Å². The minimum Gasteiger partial charge on any atom is -0.508 e. The van der Waals surface area contributed by atoms with Gasteiger partial charge in [-0.1, -0.05) is 12.1 Å². The van der Waals surface area contributed by atoms with E-state index >= 15 is 0 Å². The minimum absolute atomic E-state index is 0.163. The Morgan fingerprint density at radius 3 is 2.74 bits per heavy atom. The number of rotatable bonds is 6. The molecule has 1 fully saturated rings. The molecule has 0 spiro atoms. The summed E-state index contributed by atoms with van der Waals surface area (Å²) in [6.45, 7) is 4.42. The van der Waals surface area contributed by atoms with Gasteiger partial charge in [-0.15, -0.1) is 0 Å². The summed E-state index contributed by atoms with van der Waals surface area (Å²) in [5.41, 5.74) is 1.05. The Balaban J connectivity index is 1.81. The van der Waals surface area contributed by atoms with Crippen LogP contribution in [0.15, 0.2) is 24.3 Å². The lowest BCUT2D eigenvalue weighted by Crippen LogP contribution is -2.46. The molecule has 1 aromatic rings. The number of aromatic hydroxyl groups is 1. The van der Waals surface area contributed by atoms with Crippen LogP contribution in [0.5, 0.6) is 5.75 Å². The molecule has 0 amide bonds. The van der Waals surface area contributed by atoms with Crippen LogP contribution < -0.4 is 5.32 Å². The first kappa shape index (κ1) is 14.3. The molecular formula is C15H23NO3. The lowest BCUT2D eigenvalue weighted by atomic mass is 10.0. The highest BCUT2D eigenvalue weighted by molar-refractivity contribution is 5.26. The van der Waals surface area contributed by atoms with Gasteiger partial charge in [-0.3, -0.25) is 0 Å². The third kappa shape index (κ3) is 3.93. The van der Waals surface area contributed by atoms with Crippen molar-refractivity contribution < 1.29 is 14.6 Å². The summed E-state index contributed by atoms with van der Waals surface area (Å²) in [7, 11) is 1.75. The predicted molar refractivity (Wildman–Crippen MR) is 74.5 cm³/mol. The largest absolute Gasteiger partial charge is 0.508 e. The number of methoxy groups -OCH3 is 1. The highest BCUT2D eigenvalue weighted by Gasteiger charge is 2.34. The Bertz CT molecular complexity index is 385. The maximum atomic E-state index is 9.26. The van der Waals surface area contributed by atoms with E-state index < -0.39 is 0 Å². The number of phenols is 1.